The number of aryl methyl sites for hydroxylation is 6. The number of carboxylic acids is 1. The van der Waals surface area contributed by atoms with Gasteiger partial charge in [-0.3, -0.25) is 0 Å². The van der Waals surface area contributed by atoms with E-state index in [0.29, 0.717) is 5.92 Å². The summed E-state index contributed by atoms with van der Waals surface area (Å²) in [6.45, 7) is 40.4. The molecule has 0 aliphatic carbocycles. The molecule has 0 saturated heterocycles. The number of methoxy groups -OCH3 is 2. The van der Waals surface area contributed by atoms with Gasteiger partial charge in [0.2, 0.25) is 0 Å². The summed E-state index contributed by atoms with van der Waals surface area (Å²) in [5.41, 5.74) is 17.8. The second-order valence-electron chi connectivity index (χ2n) is 27.4. The molecule has 1 N–H and O–H groups in total. The van der Waals surface area contributed by atoms with E-state index in [0.717, 1.165) is 159 Å². The first-order chi connectivity index (χ1) is 41.8. The van der Waals surface area contributed by atoms with Crippen molar-refractivity contribution in [3.8, 4) is 50.6 Å². The number of rotatable bonds is 15. The third-order valence-electron chi connectivity index (χ3n) is 16.0. The molecule has 0 aromatic heterocycles. The summed E-state index contributed by atoms with van der Waals surface area (Å²) in [4.78, 5) is 38.0. The van der Waals surface area contributed by atoms with Crippen molar-refractivity contribution in [3.63, 3.8) is 0 Å². The Kier molecular flexibility index (Phi) is 22.7. The summed E-state index contributed by atoms with van der Waals surface area (Å²) in [5, 5.41) is 10.1. The molecular weight excluding hydrogens is 1120 g/mol. The van der Waals surface area contributed by atoms with Crippen LogP contribution in [0.3, 0.4) is 0 Å². The van der Waals surface area contributed by atoms with Gasteiger partial charge >= 0.3 is 17.9 Å². The first-order valence-electron chi connectivity index (χ1n) is 31.6. The molecule has 12 nitrogen and oxygen atoms in total. The molecule has 9 rings (SSSR count). The number of allylic oxidation sites excluding steroid dienone is 1. The van der Waals surface area contributed by atoms with E-state index in [9.17, 15) is 19.5 Å². The Labute approximate surface area is 530 Å². The number of ether oxygens (including phenoxy) is 8. The van der Waals surface area contributed by atoms with Crippen molar-refractivity contribution >= 4 is 23.5 Å². The van der Waals surface area contributed by atoms with Crippen molar-refractivity contribution in [3.05, 3.63) is 164 Å². The second kappa shape index (κ2) is 29.1. The Bertz CT molecular complexity index is 3530. The summed E-state index contributed by atoms with van der Waals surface area (Å²) < 4.78 is 46.3. The van der Waals surface area contributed by atoms with E-state index in [1.807, 2.05) is 120 Å². The molecule has 3 aliphatic heterocycles. The summed E-state index contributed by atoms with van der Waals surface area (Å²) >= 11 is 0. The maximum absolute atomic E-state index is 12.9. The predicted octanol–water partition coefficient (Wildman–Crippen LogP) is 18.2. The van der Waals surface area contributed by atoms with Crippen molar-refractivity contribution in [2.75, 3.05) is 34.0 Å². The van der Waals surface area contributed by atoms with Crippen LogP contribution in [0.2, 0.25) is 0 Å². The molecular formula is C77H98O12. The van der Waals surface area contributed by atoms with Gasteiger partial charge in [0.1, 0.15) is 17.2 Å². The number of aliphatic carboxylic acids is 1. The lowest BCUT2D eigenvalue weighted by Crippen LogP contribution is -2.29. The van der Waals surface area contributed by atoms with Gasteiger partial charge in [0, 0.05) is 16.7 Å². The lowest BCUT2D eigenvalue weighted by Gasteiger charge is -2.30. The SMILES string of the molecule is C=C(C)c1ccc(C)c(C(OC(C)(C)C)C(=O)OC)c1-c1ccc2c(c1)CCCO2.COC(=O)C(OC(C)(C)C)c1c(C)ccc(C(C)C)c1-c1ccc2c(c1)CCCO2.Cc1ccc(C(C)C)c(-c2ccc3c(c2)CCCO3)c1C(OC(C)(C)C)C(=O)O. The number of fused-ring (bicyclic) bond motifs is 3. The van der Waals surface area contributed by atoms with Gasteiger partial charge in [0.15, 0.2) is 18.3 Å². The molecule has 3 heterocycles. The molecule has 0 fully saturated rings. The minimum Gasteiger partial charge on any atom is -0.493 e. The Morgan fingerprint density at radius 1 is 0.472 bits per heavy atom. The highest BCUT2D eigenvalue weighted by Crippen LogP contribution is 2.46. The lowest BCUT2D eigenvalue weighted by atomic mass is 9.83. The third-order valence-corrected chi connectivity index (χ3v) is 16.0. The van der Waals surface area contributed by atoms with Crippen LogP contribution >= 0.6 is 0 Å². The van der Waals surface area contributed by atoms with E-state index in [1.54, 1.807) is 0 Å². The van der Waals surface area contributed by atoms with Gasteiger partial charge in [0.25, 0.3) is 0 Å². The molecule has 6 aromatic carbocycles. The monoisotopic (exact) mass is 1210 g/mol. The number of carbonyl (C=O) groups excluding carboxylic acids is 2. The van der Waals surface area contributed by atoms with Crippen LogP contribution in [0.5, 0.6) is 17.2 Å². The molecule has 0 spiro atoms. The van der Waals surface area contributed by atoms with E-state index >= 15 is 0 Å². The summed E-state index contributed by atoms with van der Waals surface area (Å²) in [6.07, 6.45) is 3.31. The molecule has 6 aromatic rings. The quantitative estimate of drug-likeness (QED) is 0.0977. The Morgan fingerprint density at radius 2 is 0.787 bits per heavy atom. The van der Waals surface area contributed by atoms with Gasteiger partial charge in [-0.15, -0.1) is 0 Å². The fourth-order valence-corrected chi connectivity index (χ4v) is 12.0. The van der Waals surface area contributed by atoms with Crippen LogP contribution in [0.1, 0.15) is 213 Å². The maximum atomic E-state index is 12.9. The molecule has 478 valence electrons. The first-order valence-corrected chi connectivity index (χ1v) is 31.6. The number of esters is 2. The second-order valence-corrected chi connectivity index (χ2v) is 27.4. The van der Waals surface area contributed by atoms with Crippen LogP contribution in [-0.4, -0.2) is 73.9 Å². The van der Waals surface area contributed by atoms with Crippen LogP contribution < -0.4 is 14.2 Å². The smallest absolute Gasteiger partial charge is 0.339 e. The van der Waals surface area contributed by atoms with Crippen LogP contribution in [-0.2, 0) is 57.3 Å². The van der Waals surface area contributed by atoms with Crippen LogP contribution in [0.15, 0.2) is 97.6 Å². The molecule has 89 heavy (non-hydrogen) atoms. The summed E-state index contributed by atoms with van der Waals surface area (Å²) in [7, 11) is 2.81. The molecule has 3 aliphatic rings. The fraction of sp³-hybridized carbons (Fsp3) is 0.468. The normalized spacial score (nSPS) is 14.8. The maximum Gasteiger partial charge on any atom is 0.339 e. The van der Waals surface area contributed by atoms with Crippen molar-refractivity contribution in [2.24, 2.45) is 0 Å². The third kappa shape index (κ3) is 17.2. The first kappa shape index (κ1) is 69.2. The highest BCUT2D eigenvalue weighted by atomic mass is 16.6. The van der Waals surface area contributed by atoms with E-state index in [1.165, 1.54) is 36.5 Å². The molecule has 0 amide bonds. The Morgan fingerprint density at radius 3 is 1.10 bits per heavy atom. The average molecular weight is 1220 g/mol. The molecule has 12 heteroatoms. The number of hydrogen-bond acceptors (Lipinski definition) is 11. The molecule has 3 unspecified atom stereocenters. The van der Waals surface area contributed by atoms with Crippen molar-refractivity contribution in [2.45, 2.75) is 203 Å². The minimum absolute atomic E-state index is 0.251. The highest BCUT2D eigenvalue weighted by molar-refractivity contribution is 5.89. The summed E-state index contributed by atoms with van der Waals surface area (Å²) in [5.74, 6) is 1.62. The topological polar surface area (TPSA) is 145 Å². The van der Waals surface area contributed by atoms with Crippen molar-refractivity contribution in [1.29, 1.82) is 0 Å². The van der Waals surface area contributed by atoms with Gasteiger partial charge in [0.05, 0.1) is 50.8 Å². The molecule has 3 atom stereocenters. The van der Waals surface area contributed by atoms with Gasteiger partial charge in [-0.05, 0) is 260 Å². The standard InChI is InChI=1S/C26H34O4.C26H32O4.C25H32O4/c2*1-16(2)20-12-10-17(3)22(24(25(27)28-7)30-26(4,5)6)23(20)19-11-13-21-18(15-19)9-8-14-29-21;1-15(2)19-11-9-16(3)21(23(24(26)27)29-25(4,5)6)22(19)18-10-12-20-17(14-18)8-7-13-28-20/h10-13,15-16,24H,8-9,14H2,1-7H3;10-13,15,24H,1,8-9,14H2,2-7H3;9-12,14-15,23H,7-8,13H2,1-6H3,(H,26,27). The molecule has 0 bridgehead atoms. The summed E-state index contributed by atoms with van der Waals surface area (Å²) in [6, 6.07) is 31.3. The van der Waals surface area contributed by atoms with Gasteiger partial charge in [-0.2, -0.15) is 0 Å². The van der Waals surface area contributed by atoms with Crippen molar-refractivity contribution < 1.29 is 57.4 Å². The average Bonchev–Trinajstić information content (AvgIpc) is 0.857. The van der Waals surface area contributed by atoms with Gasteiger partial charge < -0.3 is 43.0 Å². The minimum atomic E-state index is -1.03. The van der Waals surface area contributed by atoms with Crippen LogP contribution in [0.4, 0.5) is 0 Å². The van der Waals surface area contributed by atoms with Crippen molar-refractivity contribution in [1.82, 2.24) is 0 Å². The molecule has 0 radical (unpaired) electrons. The fourth-order valence-electron chi connectivity index (χ4n) is 12.0. The zero-order valence-corrected chi connectivity index (χ0v) is 56.6. The van der Waals surface area contributed by atoms with Gasteiger partial charge in [-0.25, -0.2) is 14.4 Å². The van der Waals surface area contributed by atoms with E-state index < -0.39 is 47.1 Å². The van der Waals surface area contributed by atoms with E-state index in [4.69, 9.17) is 37.9 Å². The Balaban J connectivity index is 0.000000190. The van der Waals surface area contributed by atoms with Crippen LogP contribution in [0, 0.1) is 20.8 Å². The largest absolute Gasteiger partial charge is 0.493 e. The number of carbonyl (C=O) groups is 3. The lowest BCUT2D eigenvalue weighted by molar-refractivity contribution is -0.164. The highest BCUT2D eigenvalue weighted by Gasteiger charge is 2.36. The number of hydrogen-bond donors (Lipinski definition) is 1. The number of carboxylic acid groups (broad SMARTS) is 1. The van der Waals surface area contributed by atoms with Gasteiger partial charge in [-0.1, -0.05) is 94.4 Å². The van der Waals surface area contributed by atoms with E-state index in [2.05, 4.69) is 94.9 Å². The predicted molar refractivity (Wildman–Crippen MR) is 357 cm³/mol. The van der Waals surface area contributed by atoms with E-state index in [-0.39, 0.29) is 11.9 Å². The zero-order valence-electron chi connectivity index (χ0n) is 56.6. The van der Waals surface area contributed by atoms with Crippen LogP contribution in [0.25, 0.3) is 39.0 Å². The molecule has 0 saturated carbocycles. The Hall–Kier alpha value is -7.25. The number of benzene rings is 6. The zero-order chi connectivity index (χ0) is 65.4.